The molecule has 0 spiro atoms. The Morgan fingerprint density at radius 1 is 0.714 bits per heavy atom. The first kappa shape index (κ1) is 28.8. The molecular formula is C30H32N4O8. The van der Waals surface area contributed by atoms with Gasteiger partial charge < -0.3 is 40.3 Å². The summed E-state index contributed by atoms with van der Waals surface area (Å²) in [5, 5.41) is 28.4. The summed E-state index contributed by atoms with van der Waals surface area (Å²) in [6, 6.07) is 14.9. The molecule has 0 aliphatic carbocycles. The molecule has 2 aromatic carbocycles. The molecule has 0 fully saturated rings. The van der Waals surface area contributed by atoms with Crippen LogP contribution in [0.3, 0.4) is 0 Å². The normalized spacial score (nSPS) is 21.5. The van der Waals surface area contributed by atoms with Gasteiger partial charge in [-0.1, -0.05) is 36.4 Å². The van der Waals surface area contributed by atoms with Crippen molar-refractivity contribution in [2.45, 2.75) is 37.9 Å². The zero-order valence-electron chi connectivity index (χ0n) is 23.2. The highest BCUT2D eigenvalue weighted by atomic mass is 16.6. The van der Waals surface area contributed by atoms with Crippen LogP contribution in [0.25, 0.3) is 21.8 Å². The number of aliphatic hydroxyl groups is 2. The Hall–Kier alpha value is -4.68. The van der Waals surface area contributed by atoms with E-state index in [1.165, 1.54) is 0 Å². The number of hydrogen-bond donors (Lipinski definition) is 6. The Labute approximate surface area is 240 Å². The molecule has 220 valence electrons. The Kier molecular flexibility index (Phi) is 7.76. The van der Waals surface area contributed by atoms with Gasteiger partial charge in [0.05, 0.1) is 24.6 Å². The highest BCUT2D eigenvalue weighted by molar-refractivity contribution is 6.09. The number of esters is 2. The molecule has 12 heteroatoms. The van der Waals surface area contributed by atoms with Gasteiger partial charge in [-0.2, -0.15) is 0 Å². The molecule has 6 N–H and O–H groups in total. The van der Waals surface area contributed by atoms with E-state index < -0.39 is 35.0 Å². The van der Waals surface area contributed by atoms with Gasteiger partial charge in [-0.3, -0.25) is 9.59 Å². The van der Waals surface area contributed by atoms with Crippen molar-refractivity contribution in [1.82, 2.24) is 20.6 Å². The summed E-state index contributed by atoms with van der Waals surface area (Å²) < 4.78 is 9.79. The van der Waals surface area contributed by atoms with Gasteiger partial charge >= 0.3 is 11.9 Å². The lowest BCUT2D eigenvalue weighted by Crippen LogP contribution is -2.50. The largest absolute Gasteiger partial charge is 0.463 e. The van der Waals surface area contributed by atoms with Crippen molar-refractivity contribution in [3.8, 4) is 0 Å². The molecule has 2 aromatic heterocycles. The molecule has 2 aliphatic rings. The van der Waals surface area contributed by atoms with E-state index in [2.05, 4.69) is 20.6 Å². The van der Waals surface area contributed by atoms with Crippen LogP contribution in [-0.4, -0.2) is 70.2 Å². The van der Waals surface area contributed by atoms with Crippen molar-refractivity contribution < 1.29 is 38.9 Å². The first-order chi connectivity index (χ1) is 20.2. The molecule has 0 unspecified atom stereocenters. The van der Waals surface area contributed by atoms with Crippen LogP contribution in [0, 0.1) is 0 Å². The zero-order valence-corrected chi connectivity index (χ0v) is 23.2. The van der Waals surface area contributed by atoms with Gasteiger partial charge in [-0.25, -0.2) is 9.59 Å². The minimum absolute atomic E-state index is 0.0873. The Morgan fingerprint density at radius 2 is 1.10 bits per heavy atom. The van der Waals surface area contributed by atoms with Crippen LogP contribution >= 0.6 is 0 Å². The number of benzene rings is 2. The third-order valence-corrected chi connectivity index (χ3v) is 7.47. The van der Waals surface area contributed by atoms with Crippen molar-refractivity contribution in [3.05, 3.63) is 71.0 Å². The number of nitrogens with one attached hydrogen (secondary N) is 4. The molecule has 42 heavy (non-hydrogen) atoms. The molecule has 0 saturated heterocycles. The monoisotopic (exact) mass is 576 g/mol. The Balaban J connectivity index is 0.000000168. The van der Waals surface area contributed by atoms with Crippen LogP contribution in [0.1, 0.15) is 36.4 Å². The van der Waals surface area contributed by atoms with Gasteiger partial charge in [-0.15, -0.1) is 0 Å². The number of para-hydroxylation sites is 2. The maximum atomic E-state index is 12.2. The van der Waals surface area contributed by atoms with Crippen LogP contribution in [0.5, 0.6) is 0 Å². The summed E-state index contributed by atoms with van der Waals surface area (Å²) in [6.45, 7) is 4.14. The van der Waals surface area contributed by atoms with Crippen LogP contribution in [0.15, 0.2) is 48.5 Å². The molecule has 2 amide bonds. The molecule has 4 heterocycles. The second-order valence-corrected chi connectivity index (χ2v) is 9.92. The van der Waals surface area contributed by atoms with Gasteiger partial charge in [0.1, 0.15) is 0 Å². The van der Waals surface area contributed by atoms with E-state index >= 15 is 0 Å². The molecule has 0 radical (unpaired) electrons. The number of aromatic amines is 2. The van der Waals surface area contributed by atoms with Crippen molar-refractivity contribution >= 4 is 45.6 Å². The van der Waals surface area contributed by atoms with E-state index in [0.717, 1.165) is 32.9 Å². The third-order valence-electron chi connectivity index (χ3n) is 7.47. The zero-order chi connectivity index (χ0) is 30.1. The van der Waals surface area contributed by atoms with E-state index in [9.17, 15) is 29.4 Å². The number of carbonyl (C=O) groups is 4. The van der Waals surface area contributed by atoms with Gasteiger partial charge in [-0.05, 0) is 49.9 Å². The lowest BCUT2D eigenvalue weighted by atomic mass is 9.94. The van der Waals surface area contributed by atoms with Crippen molar-refractivity contribution in [2.75, 3.05) is 26.3 Å². The summed E-state index contributed by atoms with van der Waals surface area (Å²) in [5.41, 5.74) is -1.17. The van der Waals surface area contributed by atoms with Gasteiger partial charge in [0.25, 0.3) is 23.0 Å². The van der Waals surface area contributed by atoms with E-state index in [4.69, 9.17) is 9.47 Å². The lowest BCUT2D eigenvalue weighted by Gasteiger charge is -2.22. The van der Waals surface area contributed by atoms with Crippen LogP contribution in [0.4, 0.5) is 0 Å². The summed E-state index contributed by atoms with van der Waals surface area (Å²) in [6.07, 6.45) is 1.07. The highest BCUT2D eigenvalue weighted by Crippen LogP contribution is 2.35. The van der Waals surface area contributed by atoms with Crippen molar-refractivity contribution in [1.29, 1.82) is 0 Å². The Bertz CT molecular complexity index is 1570. The molecule has 2 atom stereocenters. The molecule has 0 bridgehead atoms. The van der Waals surface area contributed by atoms with E-state index in [0.29, 0.717) is 25.9 Å². The fourth-order valence-electron chi connectivity index (χ4n) is 5.48. The topological polar surface area (TPSA) is 183 Å². The summed E-state index contributed by atoms with van der Waals surface area (Å²) in [7, 11) is 0. The minimum atomic E-state index is -2.33. The van der Waals surface area contributed by atoms with Crippen molar-refractivity contribution in [2.24, 2.45) is 0 Å². The smallest absolute Gasteiger partial charge is 0.354 e. The maximum Gasteiger partial charge on any atom is 0.354 e. The van der Waals surface area contributed by atoms with E-state index in [1.54, 1.807) is 13.8 Å². The quantitative estimate of drug-likeness (QED) is 0.155. The number of hydrogen-bond acceptors (Lipinski definition) is 8. The number of H-pyrrole nitrogens is 2. The number of fused-ring (bicyclic) bond motifs is 6. The number of ether oxygens (including phenoxy) is 2. The molecule has 4 aromatic rings. The van der Waals surface area contributed by atoms with Crippen LogP contribution < -0.4 is 10.6 Å². The average molecular weight is 577 g/mol. The first-order valence-electron chi connectivity index (χ1n) is 13.7. The SMILES string of the molecule is CCOC(=O)[C@]1(O)C(=O)NCCc2c1[nH]c1ccccc21.CCOC(=O)[C@]1(O)C(=O)NCCc2c1[nH]c1ccccc21. The second kappa shape index (κ2) is 11.3. The highest BCUT2D eigenvalue weighted by Gasteiger charge is 2.52. The number of rotatable bonds is 4. The van der Waals surface area contributed by atoms with Gasteiger partial charge in [0.15, 0.2) is 0 Å². The van der Waals surface area contributed by atoms with Crippen molar-refractivity contribution in [3.63, 3.8) is 0 Å². The molecule has 6 rings (SSSR count). The molecule has 0 saturated carbocycles. The van der Waals surface area contributed by atoms with Crippen LogP contribution in [0.2, 0.25) is 0 Å². The first-order valence-corrected chi connectivity index (χ1v) is 13.7. The van der Waals surface area contributed by atoms with E-state index in [-0.39, 0.29) is 24.6 Å². The maximum absolute atomic E-state index is 12.2. The molecule has 2 aliphatic heterocycles. The number of carbonyl (C=O) groups excluding carboxylic acids is 4. The molecular weight excluding hydrogens is 544 g/mol. The predicted octanol–water partition coefficient (Wildman–Crippen LogP) is 1.18. The predicted molar refractivity (Wildman–Crippen MR) is 151 cm³/mol. The standard InChI is InChI=1S/2C15H16N2O4/c2*1-2-21-14(19)15(20)12-10(7-8-16-13(15)18)9-5-3-4-6-11(9)17-12/h2*3-6,17,20H,2,7-8H2,1H3,(H,16,18)/t2*15-/m11/s1. The number of amides is 2. The molecule has 12 nitrogen and oxygen atoms in total. The van der Waals surface area contributed by atoms with Gasteiger partial charge in [0, 0.05) is 34.9 Å². The fourth-order valence-corrected chi connectivity index (χ4v) is 5.48. The summed E-state index contributed by atoms with van der Waals surface area (Å²) in [4.78, 5) is 54.8. The summed E-state index contributed by atoms with van der Waals surface area (Å²) in [5.74, 6) is -3.44. The fraction of sp³-hybridized carbons (Fsp3) is 0.333. The Morgan fingerprint density at radius 3 is 1.48 bits per heavy atom. The second-order valence-electron chi connectivity index (χ2n) is 9.92. The van der Waals surface area contributed by atoms with Crippen LogP contribution in [-0.2, 0) is 52.7 Å². The number of aromatic nitrogens is 2. The van der Waals surface area contributed by atoms with E-state index in [1.807, 2.05) is 48.5 Å². The third kappa shape index (κ3) is 4.58. The minimum Gasteiger partial charge on any atom is -0.463 e. The average Bonchev–Trinajstić information content (AvgIpc) is 3.48. The lowest BCUT2D eigenvalue weighted by molar-refractivity contribution is -0.174. The summed E-state index contributed by atoms with van der Waals surface area (Å²) >= 11 is 0. The van der Waals surface area contributed by atoms with Gasteiger partial charge in [0.2, 0.25) is 0 Å².